The Bertz CT molecular complexity index is 1120. The molecule has 3 aromatic rings. The van der Waals surface area contributed by atoms with Gasteiger partial charge < -0.3 is 5.32 Å². The van der Waals surface area contributed by atoms with Crippen LogP contribution in [0.5, 0.6) is 0 Å². The van der Waals surface area contributed by atoms with Crippen molar-refractivity contribution in [1.29, 1.82) is 0 Å². The second kappa shape index (κ2) is 9.32. The number of amides is 1. The van der Waals surface area contributed by atoms with Gasteiger partial charge in [-0.3, -0.25) is 24.1 Å². The second-order valence-corrected chi connectivity index (χ2v) is 8.76. The molecule has 1 saturated carbocycles. The highest BCUT2D eigenvalue weighted by molar-refractivity contribution is 7.71. The minimum atomic E-state index is 0.0242. The maximum atomic E-state index is 12.3. The lowest BCUT2D eigenvalue weighted by atomic mass is 10.3. The zero-order chi connectivity index (χ0) is 21.9. The van der Waals surface area contributed by atoms with Crippen LogP contribution in [0, 0.1) is 4.77 Å². The highest BCUT2D eigenvalue weighted by atomic mass is 32.1. The molecule has 32 heavy (non-hydrogen) atoms. The summed E-state index contributed by atoms with van der Waals surface area (Å²) in [5.41, 5.74) is 1.83. The van der Waals surface area contributed by atoms with Gasteiger partial charge in [0.25, 0.3) is 0 Å². The van der Waals surface area contributed by atoms with Crippen LogP contribution in [0.25, 0.3) is 11.4 Å². The number of anilines is 1. The third kappa shape index (κ3) is 4.79. The fourth-order valence-electron chi connectivity index (χ4n) is 4.07. The van der Waals surface area contributed by atoms with Gasteiger partial charge in [-0.05, 0) is 49.3 Å². The molecule has 0 unspecified atom stereocenters. The van der Waals surface area contributed by atoms with Crippen LogP contribution in [-0.4, -0.2) is 67.8 Å². The van der Waals surface area contributed by atoms with Crippen molar-refractivity contribution >= 4 is 23.8 Å². The first-order chi connectivity index (χ1) is 15.7. The number of para-hydroxylation sites is 1. The molecule has 1 saturated heterocycles. The monoisotopic (exact) mass is 449 g/mol. The van der Waals surface area contributed by atoms with E-state index in [1.807, 2.05) is 53.3 Å². The first-order valence-corrected chi connectivity index (χ1v) is 11.5. The predicted molar refractivity (Wildman–Crippen MR) is 126 cm³/mol. The fourth-order valence-corrected chi connectivity index (χ4v) is 4.40. The maximum Gasteiger partial charge on any atom is 0.238 e. The highest BCUT2D eigenvalue weighted by Gasteiger charge is 2.29. The van der Waals surface area contributed by atoms with E-state index >= 15 is 0 Å². The van der Waals surface area contributed by atoms with Crippen LogP contribution in [0.4, 0.5) is 5.69 Å². The van der Waals surface area contributed by atoms with Crippen molar-refractivity contribution in [2.24, 2.45) is 0 Å². The van der Waals surface area contributed by atoms with Crippen LogP contribution in [0.15, 0.2) is 54.9 Å². The number of piperazine rings is 1. The Labute approximate surface area is 192 Å². The van der Waals surface area contributed by atoms with Crippen LogP contribution >= 0.6 is 12.2 Å². The molecule has 9 heteroatoms. The van der Waals surface area contributed by atoms with E-state index in [0.717, 1.165) is 60.9 Å². The SMILES string of the molecule is O=C(CN1CCN(Cn2nc(-c3cccnc3)n(C3CC3)c2=S)CC1)Nc1ccccc1. The van der Waals surface area contributed by atoms with Crippen LogP contribution in [0.3, 0.4) is 0 Å². The van der Waals surface area contributed by atoms with Crippen LogP contribution in [0.2, 0.25) is 0 Å². The molecule has 2 aromatic heterocycles. The molecule has 1 amide bonds. The third-order valence-corrected chi connectivity index (χ3v) is 6.33. The standard InChI is InChI=1S/C23H27N7OS/c31-21(25-19-6-2-1-3-7-19)16-27-11-13-28(14-12-27)17-29-23(32)30(20-8-9-20)22(26-29)18-5-4-10-24-15-18/h1-7,10,15,20H,8-9,11-14,16-17H2,(H,25,31). The lowest BCUT2D eigenvalue weighted by molar-refractivity contribution is -0.117. The molecule has 0 bridgehead atoms. The number of aromatic nitrogens is 4. The van der Waals surface area contributed by atoms with Gasteiger partial charge in [0.05, 0.1) is 13.2 Å². The summed E-state index contributed by atoms with van der Waals surface area (Å²) in [4.78, 5) is 21.1. The Balaban J connectivity index is 1.19. The summed E-state index contributed by atoms with van der Waals surface area (Å²) in [6.07, 6.45) is 5.92. The van der Waals surface area contributed by atoms with E-state index in [-0.39, 0.29) is 5.91 Å². The largest absolute Gasteiger partial charge is 0.325 e. The van der Waals surface area contributed by atoms with Gasteiger partial charge in [0.2, 0.25) is 5.91 Å². The van der Waals surface area contributed by atoms with Crippen LogP contribution in [0.1, 0.15) is 18.9 Å². The summed E-state index contributed by atoms with van der Waals surface area (Å²) < 4.78 is 4.90. The number of carbonyl (C=O) groups is 1. The van der Waals surface area contributed by atoms with E-state index in [0.29, 0.717) is 19.3 Å². The Morgan fingerprint density at radius 3 is 2.47 bits per heavy atom. The minimum Gasteiger partial charge on any atom is -0.325 e. The number of hydrogen-bond acceptors (Lipinski definition) is 6. The zero-order valence-electron chi connectivity index (χ0n) is 17.9. The van der Waals surface area contributed by atoms with Crippen LogP contribution in [-0.2, 0) is 11.5 Å². The highest BCUT2D eigenvalue weighted by Crippen LogP contribution is 2.38. The zero-order valence-corrected chi connectivity index (χ0v) is 18.7. The number of nitrogens with one attached hydrogen (secondary N) is 1. The summed E-state index contributed by atoms with van der Waals surface area (Å²) in [5, 5.41) is 7.82. The maximum absolute atomic E-state index is 12.3. The molecule has 166 valence electrons. The van der Waals surface area contributed by atoms with Gasteiger partial charge in [0.1, 0.15) is 0 Å². The molecule has 5 rings (SSSR count). The molecule has 2 fully saturated rings. The summed E-state index contributed by atoms with van der Waals surface area (Å²) in [6, 6.07) is 14.0. The van der Waals surface area contributed by atoms with E-state index < -0.39 is 0 Å². The van der Waals surface area contributed by atoms with Crippen molar-refractivity contribution in [3.8, 4) is 11.4 Å². The molecule has 1 aliphatic carbocycles. The van der Waals surface area contributed by atoms with Gasteiger partial charge in [-0.2, -0.15) is 5.10 Å². The Hall–Kier alpha value is -2.88. The summed E-state index contributed by atoms with van der Waals surface area (Å²) >= 11 is 5.79. The molecule has 0 atom stereocenters. The fraction of sp³-hybridized carbons (Fsp3) is 0.391. The van der Waals surface area contributed by atoms with Gasteiger partial charge in [0, 0.05) is 55.9 Å². The lowest BCUT2D eigenvalue weighted by Crippen LogP contribution is -2.49. The molecule has 1 N–H and O–H groups in total. The van der Waals surface area contributed by atoms with E-state index in [1.54, 1.807) is 6.20 Å². The molecule has 1 aliphatic heterocycles. The van der Waals surface area contributed by atoms with Gasteiger partial charge in [-0.25, -0.2) is 4.68 Å². The van der Waals surface area contributed by atoms with Crippen molar-refractivity contribution in [2.75, 3.05) is 38.0 Å². The lowest BCUT2D eigenvalue weighted by Gasteiger charge is -2.33. The number of hydrogen-bond donors (Lipinski definition) is 1. The third-order valence-electron chi connectivity index (χ3n) is 5.93. The van der Waals surface area contributed by atoms with Crippen molar-refractivity contribution < 1.29 is 4.79 Å². The normalized spacial score (nSPS) is 17.4. The first-order valence-electron chi connectivity index (χ1n) is 11.1. The molecule has 8 nitrogen and oxygen atoms in total. The molecule has 3 heterocycles. The van der Waals surface area contributed by atoms with Gasteiger partial charge in [-0.15, -0.1) is 0 Å². The number of benzene rings is 1. The summed E-state index contributed by atoms with van der Waals surface area (Å²) in [7, 11) is 0. The summed E-state index contributed by atoms with van der Waals surface area (Å²) in [6.45, 7) is 4.50. The average Bonchev–Trinajstić information content (AvgIpc) is 3.60. The van der Waals surface area contributed by atoms with E-state index in [9.17, 15) is 4.79 Å². The van der Waals surface area contributed by atoms with Crippen molar-refractivity contribution in [3.63, 3.8) is 0 Å². The summed E-state index contributed by atoms with van der Waals surface area (Å²) in [5.74, 6) is 0.929. The van der Waals surface area contributed by atoms with Crippen molar-refractivity contribution in [3.05, 3.63) is 59.6 Å². The molecular formula is C23H27N7OS. The van der Waals surface area contributed by atoms with Crippen molar-refractivity contribution in [2.45, 2.75) is 25.6 Å². The van der Waals surface area contributed by atoms with Gasteiger partial charge in [-0.1, -0.05) is 18.2 Å². The second-order valence-electron chi connectivity index (χ2n) is 8.40. The average molecular weight is 450 g/mol. The predicted octanol–water partition coefficient (Wildman–Crippen LogP) is 3.02. The van der Waals surface area contributed by atoms with Gasteiger partial charge >= 0.3 is 0 Å². The number of pyridine rings is 1. The van der Waals surface area contributed by atoms with E-state index in [2.05, 4.69) is 24.7 Å². The topological polar surface area (TPSA) is 71.2 Å². The number of rotatable bonds is 7. The minimum absolute atomic E-state index is 0.0242. The Morgan fingerprint density at radius 1 is 1.03 bits per heavy atom. The van der Waals surface area contributed by atoms with E-state index in [4.69, 9.17) is 17.3 Å². The van der Waals surface area contributed by atoms with Crippen molar-refractivity contribution in [1.82, 2.24) is 29.1 Å². The molecule has 1 aromatic carbocycles. The quantitative estimate of drug-likeness (QED) is 0.559. The molecule has 2 aliphatic rings. The molecule has 0 spiro atoms. The Morgan fingerprint density at radius 2 is 1.78 bits per heavy atom. The smallest absolute Gasteiger partial charge is 0.238 e. The first kappa shape index (κ1) is 21.0. The Kier molecular flexibility index (Phi) is 6.11. The molecular weight excluding hydrogens is 422 g/mol. The number of carbonyl (C=O) groups excluding carboxylic acids is 1. The number of nitrogens with zero attached hydrogens (tertiary/aromatic N) is 6. The van der Waals surface area contributed by atoms with Crippen LogP contribution < -0.4 is 5.32 Å². The molecule has 0 radical (unpaired) electrons. The van der Waals surface area contributed by atoms with Gasteiger partial charge in [0.15, 0.2) is 10.6 Å². The van der Waals surface area contributed by atoms with E-state index in [1.165, 1.54) is 0 Å².